The minimum atomic E-state index is -1.74. The fraction of sp³-hybridized carbons (Fsp3) is 0.625. The van der Waals surface area contributed by atoms with E-state index >= 15 is 0 Å². The summed E-state index contributed by atoms with van der Waals surface area (Å²) in [6.45, 7) is 2.24. The smallest absolute Gasteiger partial charge is 0.512 e. The Bertz CT molecular complexity index is 355. The molecule has 112 valence electrons. The van der Waals surface area contributed by atoms with E-state index in [0.29, 0.717) is 5.75 Å². The van der Waals surface area contributed by atoms with Gasteiger partial charge in [0.1, 0.15) is 5.75 Å². The van der Waals surface area contributed by atoms with E-state index in [9.17, 15) is 0 Å². The molecular formula is C16H27BO3. The van der Waals surface area contributed by atoms with Crippen molar-refractivity contribution in [2.45, 2.75) is 64.7 Å². The van der Waals surface area contributed by atoms with Gasteiger partial charge in [-0.25, -0.2) is 0 Å². The maximum absolute atomic E-state index is 8.76. The molecule has 0 aliphatic heterocycles. The van der Waals surface area contributed by atoms with Crippen LogP contribution in [-0.4, -0.2) is 17.4 Å². The minimum Gasteiger partial charge on any atom is -0.512 e. The second-order valence-electron chi connectivity index (χ2n) is 5.32. The van der Waals surface area contributed by atoms with Gasteiger partial charge in [0.15, 0.2) is 0 Å². The normalized spacial score (nSPS) is 10.6. The van der Waals surface area contributed by atoms with Gasteiger partial charge in [0.2, 0.25) is 0 Å². The van der Waals surface area contributed by atoms with Crippen molar-refractivity contribution < 1.29 is 14.7 Å². The lowest BCUT2D eigenvalue weighted by Gasteiger charge is -2.07. The molecule has 0 atom stereocenters. The van der Waals surface area contributed by atoms with E-state index in [1.807, 2.05) is 12.1 Å². The Hall–Kier alpha value is -0.995. The molecule has 0 saturated carbocycles. The molecule has 2 N–H and O–H groups in total. The van der Waals surface area contributed by atoms with Crippen LogP contribution in [0.15, 0.2) is 24.3 Å². The highest BCUT2D eigenvalue weighted by Gasteiger charge is 2.10. The van der Waals surface area contributed by atoms with E-state index in [-0.39, 0.29) is 0 Å². The Morgan fingerprint density at radius 3 is 2.25 bits per heavy atom. The molecule has 3 nitrogen and oxygen atoms in total. The number of hydrogen-bond acceptors (Lipinski definition) is 3. The third kappa shape index (κ3) is 8.23. The van der Waals surface area contributed by atoms with Gasteiger partial charge in [-0.1, -0.05) is 64.0 Å². The van der Waals surface area contributed by atoms with Crippen molar-refractivity contribution in [3.05, 3.63) is 29.8 Å². The summed E-state index contributed by atoms with van der Waals surface area (Å²) in [5, 5.41) is 17.5. The average Bonchev–Trinajstić information content (AvgIpc) is 2.41. The summed E-state index contributed by atoms with van der Waals surface area (Å²) in [5.74, 6) is 0.511. The van der Waals surface area contributed by atoms with Crippen LogP contribution in [-0.2, 0) is 6.42 Å². The minimum absolute atomic E-state index is 0.511. The van der Waals surface area contributed by atoms with Crippen LogP contribution in [0.3, 0.4) is 0 Å². The van der Waals surface area contributed by atoms with Crippen LogP contribution in [0.5, 0.6) is 5.75 Å². The SMILES string of the molecule is CCCCCCCCCCc1cccc(OB(O)O)c1. The summed E-state index contributed by atoms with van der Waals surface area (Å²) < 4.78 is 4.85. The van der Waals surface area contributed by atoms with E-state index in [0.717, 1.165) is 6.42 Å². The van der Waals surface area contributed by atoms with E-state index in [2.05, 4.69) is 13.0 Å². The molecule has 0 aromatic heterocycles. The van der Waals surface area contributed by atoms with Crippen LogP contribution < -0.4 is 4.65 Å². The highest BCUT2D eigenvalue weighted by atomic mass is 16.6. The lowest BCUT2D eigenvalue weighted by molar-refractivity contribution is 0.288. The van der Waals surface area contributed by atoms with Gasteiger partial charge >= 0.3 is 7.32 Å². The van der Waals surface area contributed by atoms with E-state index in [1.165, 1.54) is 56.9 Å². The predicted octanol–water partition coefficient (Wildman–Crippen LogP) is 3.72. The molecule has 0 radical (unpaired) electrons. The molecule has 0 aliphatic carbocycles. The van der Waals surface area contributed by atoms with Gasteiger partial charge in [0, 0.05) is 0 Å². The van der Waals surface area contributed by atoms with E-state index in [1.54, 1.807) is 6.07 Å². The third-order valence-electron chi connectivity index (χ3n) is 3.46. The molecule has 0 fully saturated rings. The Morgan fingerprint density at radius 1 is 0.950 bits per heavy atom. The number of unbranched alkanes of at least 4 members (excludes halogenated alkanes) is 7. The number of rotatable bonds is 11. The third-order valence-corrected chi connectivity index (χ3v) is 3.46. The van der Waals surface area contributed by atoms with Gasteiger partial charge in [0.05, 0.1) is 0 Å². The largest absolute Gasteiger partial charge is 0.707 e. The van der Waals surface area contributed by atoms with Crippen LogP contribution in [0.2, 0.25) is 0 Å². The first-order valence-electron chi connectivity index (χ1n) is 7.84. The van der Waals surface area contributed by atoms with Crippen LogP contribution in [0.1, 0.15) is 63.9 Å². The van der Waals surface area contributed by atoms with Gasteiger partial charge < -0.3 is 14.7 Å². The summed E-state index contributed by atoms with van der Waals surface area (Å²) >= 11 is 0. The first kappa shape index (κ1) is 17.1. The standard InChI is InChI=1S/C16H27BO3/c1-2-3-4-5-6-7-8-9-11-15-12-10-13-16(14-15)20-17(18)19/h10,12-14,18-19H,2-9,11H2,1H3. The Kier molecular flexibility index (Phi) is 9.17. The Balaban J connectivity index is 2.12. The van der Waals surface area contributed by atoms with Gasteiger partial charge in [-0.05, 0) is 30.5 Å². The van der Waals surface area contributed by atoms with E-state index < -0.39 is 7.32 Å². The zero-order valence-electron chi connectivity index (χ0n) is 12.6. The van der Waals surface area contributed by atoms with E-state index in [4.69, 9.17) is 14.7 Å². The highest BCUT2D eigenvalue weighted by Crippen LogP contribution is 2.16. The van der Waals surface area contributed by atoms with Crippen molar-refractivity contribution in [3.8, 4) is 5.75 Å². The molecule has 1 rings (SSSR count). The molecule has 0 spiro atoms. The van der Waals surface area contributed by atoms with Crippen LogP contribution >= 0.6 is 0 Å². The summed E-state index contributed by atoms with van der Waals surface area (Å²) in [5.41, 5.74) is 1.19. The molecule has 0 aliphatic rings. The van der Waals surface area contributed by atoms with Crippen molar-refractivity contribution in [3.63, 3.8) is 0 Å². The monoisotopic (exact) mass is 278 g/mol. The summed E-state index contributed by atoms with van der Waals surface area (Å²) in [6.07, 6.45) is 11.5. The number of hydrogen-bond donors (Lipinski definition) is 2. The average molecular weight is 278 g/mol. The van der Waals surface area contributed by atoms with Gasteiger partial charge in [-0.3, -0.25) is 0 Å². The van der Waals surface area contributed by atoms with Crippen LogP contribution in [0.25, 0.3) is 0 Å². The molecule has 0 amide bonds. The van der Waals surface area contributed by atoms with Crippen molar-refractivity contribution in [2.24, 2.45) is 0 Å². The molecule has 20 heavy (non-hydrogen) atoms. The molecule has 0 bridgehead atoms. The molecule has 1 aromatic rings. The second-order valence-corrected chi connectivity index (χ2v) is 5.32. The Morgan fingerprint density at radius 2 is 1.60 bits per heavy atom. The van der Waals surface area contributed by atoms with Crippen molar-refractivity contribution in [2.75, 3.05) is 0 Å². The first-order valence-corrected chi connectivity index (χ1v) is 7.84. The topological polar surface area (TPSA) is 49.7 Å². The number of aryl methyl sites for hydroxylation is 1. The van der Waals surface area contributed by atoms with Gasteiger partial charge in [-0.15, -0.1) is 0 Å². The van der Waals surface area contributed by atoms with Crippen LogP contribution in [0.4, 0.5) is 0 Å². The number of benzene rings is 1. The molecule has 1 aromatic carbocycles. The maximum Gasteiger partial charge on any atom is 0.707 e. The molecular weight excluding hydrogens is 251 g/mol. The maximum atomic E-state index is 8.76. The lowest BCUT2D eigenvalue weighted by Crippen LogP contribution is -2.20. The van der Waals surface area contributed by atoms with Crippen LogP contribution in [0, 0.1) is 0 Å². The predicted molar refractivity (Wildman–Crippen MR) is 83.6 cm³/mol. The molecule has 0 unspecified atom stereocenters. The lowest BCUT2D eigenvalue weighted by atomic mass is 10.0. The summed E-state index contributed by atoms with van der Waals surface area (Å²) in [7, 11) is -1.74. The highest BCUT2D eigenvalue weighted by molar-refractivity contribution is 6.33. The quantitative estimate of drug-likeness (QED) is 0.479. The zero-order chi connectivity index (χ0) is 14.6. The Labute approximate surface area is 123 Å². The summed E-state index contributed by atoms with van der Waals surface area (Å²) in [4.78, 5) is 0. The van der Waals surface area contributed by atoms with Crippen molar-refractivity contribution >= 4 is 7.32 Å². The molecule has 0 saturated heterocycles. The molecule has 4 heteroatoms. The zero-order valence-corrected chi connectivity index (χ0v) is 12.6. The van der Waals surface area contributed by atoms with Gasteiger partial charge in [-0.2, -0.15) is 0 Å². The molecule has 0 heterocycles. The first-order chi connectivity index (χ1) is 9.72. The van der Waals surface area contributed by atoms with Crippen molar-refractivity contribution in [1.82, 2.24) is 0 Å². The fourth-order valence-corrected chi connectivity index (χ4v) is 2.36. The summed E-state index contributed by atoms with van der Waals surface area (Å²) in [6, 6.07) is 7.55. The van der Waals surface area contributed by atoms with Gasteiger partial charge in [0.25, 0.3) is 0 Å². The second kappa shape index (κ2) is 10.8. The fourth-order valence-electron chi connectivity index (χ4n) is 2.36. The van der Waals surface area contributed by atoms with Crippen molar-refractivity contribution in [1.29, 1.82) is 0 Å².